The van der Waals surface area contributed by atoms with Gasteiger partial charge < -0.3 is 13.7 Å². The molecule has 3 aromatic rings. The molecular weight excluding hydrogens is 337 g/mol. The summed E-state index contributed by atoms with van der Waals surface area (Å²) in [6.07, 6.45) is 6.13. The van der Waals surface area contributed by atoms with Crippen molar-refractivity contribution in [1.82, 2.24) is 14.3 Å². The van der Waals surface area contributed by atoms with Crippen molar-refractivity contribution < 1.29 is 8.91 Å². The first-order chi connectivity index (χ1) is 12.5. The SMILES string of the molecule is CC1(n2ccn(Cc3cc(-c4cccc(F)c4)on3)c(=O)c2=O)CCC1. The third-order valence-corrected chi connectivity index (χ3v) is 5.07. The van der Waals surface area contributed by atoms with Gasteiger partial charge >= 0.3 is 11.1 Å². The Balaban J connectivity index is 1.61. The van der Waals surface area contributed by atoms with Gasteiger partial charge in [0, 0.05) is 29.6 Å². The number of hydrogen-bond acceptors (Lipinski definition) is 4. The molecule has 1 fully saturated rings. The Morgan fingerprint density at radius 2 is 2.00 bits per heavy atom. The van der Waals surface area contributed by atoms with Gasteiger partial charge in [0.15, 0.2) is 5.76 Å². The molecule has 1 aliphatic rings. The smallest absolute Gasteiger partial charge is 0.316 e. The molecule has 1 saturated carbocycles. The van der Waals surface area contributed by atoms with Crippen LogP contribution in [0, 0.1) is 5.82 Å². The van der Waals surface area contributed by atoms with Crippen molar-refractivity contribution in [2.24, 2.45) is 0 Å². The van der Waals surface area contributed by atoms with E-state index in [4.69, 9.17) is 4.52 Å². The largest absolute Gasteiger partial charge is 0.356 e. The van der Waals surface area contributed by atoms with Crippen molar-refractivity contribution in [3.05, 3.63) is 74.9 Å². The molecule has 4 rings (SSSR count). The molecule has 7 heteroatoms. The first-order valence-electron chi connectivity index (χ1n) is 8.50. The van der Waals surface area contributed by atoms with Crippen LogP contribution >= 0.6 is 0 Å². The normalized spacial score (nSPS) is 15.6. The molecule has 134 valence electrons. The molecule has 1 aromatic carbocycles. The Bertz CT molecular complexity index is 1080. The average Bonchev–Trinajstić information content (AvgIpc) is 3.06. The first-order valence-corrected chi connectivity index (χ1v) is 8.50. The lowest BCUT2D eigenvalue weighted by molar-refractivity contribution is 0.161. The minimum atomic E-state index is -0.587. The van der Waals surface area contributed by atoms with Crippen LogP contribution in [0.25, 0.3) is 11.3 Å². The molecule has 0 aliphatic heterocycles. The maximum absolute atomic E-state index is 13.3. The second kappa shape index (κ2) is 6.09. The highest BCUT2D eigenvalue weighted by Gasteiger charge is 2.34. The molecule has 0 amide bonds. The van der Waals surface area contributed by atoms with Crippen LogP contribution in [0.1, 0.15) is 31.9 Å². The average molecular weight is 355 g/mol. The Labute approximate surface area is 148 Å². The van der Waals surface area contributed by atoms with Crippen molar-refractivity contribution in [3.63, 3.8) is 0 Å². The van der Waals surface area contributed by atoms with Crippen LogP contribution in [0.2, 0.25) is 0 Å². The fourth-order valence-corrected chi connectivity index (χ4v) is 3.33. The maximum Gasteiger partial charge on any atom is 0.316 e. The zero-order valence-electron chi connectivity index (χ0n) is 14.3. The quantitative estimate of drug-likeness (QED) is 0.675. The summed E-state index contributed by atoms with van der Waals surface area (Å²) >= 11 is 0. The number of hydrogen-bond donors (Lipinski definition) is 0. The third kappa shape index (κ3) is 2.79. The highest BCUT2D eigenvalue weighted by molar-refractivity contribution is 5.57. The molecule has 0 spiro atoms. The molecule has 0 unspecified atom stereocenters. The van der Waals surface area contributed by atoms with Crippen LogP contribution in [-0.2, 0) is 12.1 Å². The van der Waals surface area contributed by atoms with Gasteiger partial charge in [-0.3, -0.25) is 9.59 Å². The Morgan fingerprint density at radius 1 is 1.19 bits per heavy atom. The van der Waals surface area contributed by atoms with E-state index in [-0.39, 0.29) is 17.9 Å². The molecule has 26 heavy (non-hydrogen) atoms. The Morgan fingerprint density at radius 3 is 2.69 bits per heavy atom. The van der Waals surface area contributed by atoms with Crippen LogP contribution in [0.5, 0.6) is 0 Å². The van der Waals surface area contributed by atoms with E-state index < -0.39 is 11.1 Å². The highest BCUT2D eigenvalue weighted by Crippen LogP contribution is 2.37. The van der Waals surface area contributed by atoms with Crippen LogP contribution in [0.3, 0.4) is 0 Å². The zero-order chi connectivity index (χ0) is 18.3. The summed E-state index contributed by atoms with van der Waals surface area (Å²) in [7, 11) is 0. The van der Waals surface area contributed by atoms with Gasteiger partial charge in [0.25, 0.3) is 0 Å². The van der Waals surface area contributed by atoms with E-state index in [1.54, 1.807) is 30.6 Å². The van der Waals surface area contributed by atoms with Gasteiger partial charge in [-0.15, -0.1) is 0 Å². The van der Waals surface area contributed by atoms with Gasteiger partial charge in [0.05, 0.1) is 6.54 Å². The molecule has 0 N–H and O–H groups in total. The van der Waals surface area contributed by atoms with E-state index in [0.29, 0.717) is 17.0 Å². The summed E-state index contributed by atoms with van der Waals surface area (Å²) in [5, 5.41) is 3.92. The molecule has 6 nitrogen and oxygen atoms in total. The van der Waals surface area contributed by atoms with Gasteiger partial charge in [0.1, 0.15) is 11.5 Å². The van der Waals surface area contributed by atoms with Gasteiger partial charge in [-0.2, -0.15) is 0 Å². The van der Waals surface area contributed by atoms with E-state index in [1.807, 2.05) is 6.92 Å². The van der Waals surface area contributed by atoms with Crippen molar-refractivity contribution in [2.45, 2.75) is 38.3 Å². The lowest BCUT2D eigenvalue weighted by Crippen LogP contribution is -2.50. The topological polar surface area (TPSA) is 70.0 Å². The van der Waals surface area contributed by atoms with Gasteiger partial charge in [-0.05, 0) is 38.3 Å². The van der Waals surface area contributed by atoms with Gasteiger partial charge in [-0.1, -0.05) is 17.3 Å². The number of halogens is 1. The predicted octanol–water partition coefficient (Wildman–Crippen LogP) is 2.75. The van der Waals surface area contributed by atoms with Crippen molar-refractivity contribution in [3.8, 4) is 11.3 Å². The molecule has 0 bridgehead atoms. The molecular formula is C19H18FN3O3. The van der Waals surface area contributed by atoms with Crippen molar-refractivity contribution in [1.29, 1.82) is 0 Å². The van der Waals surface area contributed by atoms with Gasteiger partial charge in [0.2, 0.25) is 0 Å². The standard InChI is InChI=1S/C19H18FN3O3/c1-19(6-3-7-19)23-9-8-22(17(24)18(23)25)12-15-11-16(26-21-15)13-4-2-5-14(20)10-13/h2,4-5,8-11H,3,6-7,12H2,1H3. The van der Waals surface area contributed by atoms with E-state index in [9.17, 15) is 14.0 Å². The molecule has 1 aliphatic carbocycles. The fraction of sp³-hybridized carbons (Fsp3) is 0.316. The monoisotopic (exact) mass is 355 g/mol. The number of nitrogens with zero attached hydrogens (tertiary/aromatic N) is 3. The lowest BCUT2D eigenvalue weighted by atomic mass is 9.78. The predicted molar refractivity (Wildman–Crippen MR) is 93.5 cm³/mol. The third-order valence-electron chi connectivity index (χ3n) is 5.07. The van der Waals surface area contributed by atoms with Gasteiger partial charge in [-0.25, -0.2) is 4.39 Å². The molecule has 2 heterocycles. The minimum Gasteiger partial charge on any atom is -0.356 e. The maximum atomic E-state index is 13.3. The molecule has 2 aromatic heterocycles. The summed E-state index contributed by atoms with van der Waals surface area (Å²) in [5.74, 6) is 0.0349. The second-order valence-electron chi connectivity index (χ2n) is 6.95. The van der Waals surface area contributed by atoms with E-state index in [0.717, 1.165) is 19.3 Å². The first kappa shape index (κ1) is 16.5. The summed E-state index contributed by atoms with van der Waals surface area (Å²) in [6.45, 7) is 2.11. The number of benzene rings is 1. The lowest BCUT2D eigenvalue weighted by Gasteiger charge is -2.39. The molecule has 0 atom stereocenters. The number of aromatic nitrogens is 3. The van der Waals surface area contributed by atoms with E-state index >= 15 is 0 Å². The fourth-order valence-electron chi connectivity index (χ4n) is 3.33. The summed E-state index contributed by atoms with van der Waals surface area (Å²) in [5.41, 5.74) is -0.324. The summed E-state index contributed by atoms with van der Waals surface area (Å²) in [6, 6.07) is 7.62. The van der Waals surface area contributed by atoms with E-state index in [1.165, 1.54) is 21.3 Å². The Hall–Kier alpha value is -2.96. The van der Waals surface area contributed by atoms with Crippen LogP contribution < -0.4 is 11.1 Å². The van der Waals surface area contributed by atoms with Crippen LogP contribution in [0.4, 0.5) is 4.39 Å². The minimum absolute atomic E-state index is 0.116. The van der Waals surface area contributed by atoms with Crippen molar-refractivity contribution >= 4 is 0 Å². The Kier molecular flexibility index (Phi) is 3.86. The summed E-state index contributed by atoms with van der Waals surface area (Å²) < 4.78 is 21.4. The highest BCUT2D eigenvalue weighted by atomic mass is 19.1. The molecule has 0 radical (unpaired) electrons. The van der Waals surface area contributed by atoms with Crippen LogP contribution in [0.15, 0.2) is 56.8 Å². The summed E-state index contributed by atoms with van der Waals surface area (Å²) in [4.78, 5) is 24.9. The van der Waals surface area contributed by atoms with E-state index in [2.05, 4.69) is 5.16 Å². The number of rotatable bonds is 4. The molecule has 0 saturated heterocycles. The van der Waals surface area contributed by atoms with Crippen LogP contribution in [-0.4, -0.2) is 14.3 Å². The zero-order valence-corrected chi connectivity index (χ0v) is 14.3. The second-order valence-corrected chi connectivity index (χ2v) is 6.95. The van der Waals surface area contributed by atoms with Crippen molar-refractivity contribution in [2.75, 3.05) is 0 Å².